The summed E-state index contributed by atoms with van der Waals surface area (Å²) in [6.07, 6.45) is 0.00379. The van der Waals surface area contributed by atoms with Crippen molar-refractivity contribution in [3.63, 3.8) is 0 Å². The van der Waals surface area contributed by atoms with Gasteiger partial charge in [0.05, 0.1) is 12.1 Å². The van der Waals surface area contributed by atoms with Gasteiger partial charge in [0.15, 0.2) is 5.82 Å². The molecule has 3 N–H and O–H groups in total. The maximum absolute atomic E-state index is 11.6. The largest absolute Gasteiger partial charge is 0.506 e. The number of aromatic hydroxyl groups is 1. The molecule has 0 aliphatic rings. The molecule has 0 bridgehead atoms. The number of carbonyl (C=O) groups is 1. The number of aromatic amines is 1. The Hall–Kier alpha value is -2.44. The van der Waals surface area contributed by atoms with Crippen LogP contribution in [0.3, 0.4) is 0 Å². The Bertz CT molecular complexity index is 523. The summed E-state index contributed by atoms with van der Waals surface area (Å²) in [6.45, 7) is 1.85. The molecule has 0 saturated heterocycles. The third-order valence-electron chi connectivity index (χ3n) is 2.14. The minimum absolute atomic E-state index is 0.00379. The van der Waals surface area contributed by atoms with Crippen molar-refractivity contribution in [2.75, 3.05) is 5.32 Å². The zero-order valence-corrected chi connectivity index (χ0v) is 9.14. The first-order valence-corrected chi connectivity index (χ1v) is 4.97. The summed E-state index contributed by atoms with van der Waals surface area (Å²) in [5.41, 5.74) is 1.28. The van der Waals surface area contributed by atoms with E-state index in [-0.39, 0.29) is 18.1 Å². The van der Waals surface area contributed by atoms with Crippen LogP contribution < -0.4 is 5.32 Å². The molecule has 0 radical (unpaired) electrons. The second kappa shape index (κ2) is 4.60. The Kier molecular flexibility index (Phi) is 2.99. The number of rotatable bonds is 3. The molecule has 17 heavy (non-hydrogen) atoms. The highest BCUT2D eigenvalue weighted by molar-refractivity contribution is 5.93. The second-order valence-corrected chi connectivity index (χ2v) is 3.57. The number of aryl methyl sites for hydroxylation is 1. The minimum Gasteiger partial charge on any atom is -0.506 e. The smallest absolute Gasteiger partial charge is 0.232 e. The molecule has 7 nitrogen and oxygen atoms in total. The monoisotopic (exact) mass is 233 g/mol. The van der Waals surface area contributed by atoms with Gasteiger partial charge in [-0.05, 0) is 24.6 Å². The lowest BCUT2D eigenvalue weighted by Gasteiger charge is -2.06. The number of aromatic nitrogens is 4. The number of nitrogens with one attached hydrogen (secondary N) is 2. The van der Waals surface area contributed by atoms with Crippen molar-refractivity contribution in [3.05, 3.63) is 29.6 Å². The van der Waals surface area contributed by atoms with E-state index in [0.717, 1.165) is 5.56 Å². The molecule has 0 fully saturated rings. The van der Waals surface area contributed by atoms with Gasteiger partial charge in [0.2, 0.25) is 5.91 Å². The van der Waals surface area contributed by atoms with Gasteiger partial charge in [-0.1, -0.05) is 11.3 Å². The summed E-state index contributed by atoms with van der Waals surface area (Å²) in [5.74, 6) is 0.0196. The summed E-state index contributed by atoms with van der Waals surface area (Å²) < 4.78 is 0. The van der Waals surface area contributed by atoms with Crippen LogP contribution in [0.2, 0.25) is 0 Å². The molecule has 1 amide bonds. The number of phenolic OH excluding ortho intramolecular Hbond substituents is 1. The van der Waals surface area contributed by atoms with Crippen molar-refractivity contribution >= 4 is 11.6 Å². The highest BCUT2D eigenvalue weighted by Gasteiger charge is 2.09. The van der Waals surface area contributed by atoms with Crippen LogP contribution in [-0.2, 0) is 11.2 Å². The first-order valence-electron chi connectivity index (χ1n) is 4.97. The zero-order valence-electron chi connectivity index (χ0n) is 9.14. The van der Waals surface area contributed by atoms with E-state index in [2.05, 4.69) is 25.9 Å². The van der Waals surface area contributed by atoms with Crippen molar-refractivity contribution < 1.29 is 9.90 Å². The van der Waals surface area contributed by atoms with Gasteiger partial charge >= 0.3 is 0 Å². The second-order valence-electron chi connectivity index (χ2n) is 3.57. The molecular formula is C10H11N5O2. The number of benzene rings is 1. The van der Waals surface area contributed by atoms with E-state index in [4.69, 9.17) is 0 Å². The molecule has 0 spiro atoms. The van der Waals surface area contributed by atoms with Crippen molar-refractivity contribution in [1.82, 2.24) is 20.6 Å². The maximum atomic E-state index is 11.6. The number of carbonyl (C=O) groups excluding carboxylic acids is 1. The van der Waals surface area contributed by atoms with Crippen molar-refractivity contribution in [2.45, 2.75) is 13.3 Å². The van der Waals surface area contributed by atoms with E-state index in [9.17, 15) is 9.90 Å². The number of H-pyrrole nitrogens is 1. The van der Waals surface area contributed by atoms with E-state index >= 15 is 0 Å². The Labute approximate surface area is 96.9 Å². The molecular weight excluding hydrogens is 222 g/mol. The van der Waals surface area contributed by atoms with Gasteiger partial charge in [-0.3, -0.25) is 4.79 Å². The molecule has 88 valence electrons. The topological polar surface area (TPSA) is 104 Å². The van der Waals surface area contributed by atoms with Crippen LogP contribution in [0, 0.1) is 6.92 Å². The van der Waals surface area contributed by atoms with Gasteiger partial charge in [-0.15, -0.1) is 10.2 Å². The number of anilines is 1. The average molecular weight is 233 g/mol. The van der Waals surface area contributed by atoms with Gasteiger partial charge in [0.25, 0.3) is 0 Å². The predicted molar refractivity (Wildman–Crippen MR) is 59.4 cm³/mol. The van der Waals surface area contributed by atoms with Crippen LogP contribution >= 0.6 is 0 Å². The van der Waals surface area contributed by atoms with Crippen LogP contribution in [-0.4, -0.2) is 31.6 Å². The lowest BCUT2D eigenvalue weighted by Crippen LogP contribution is -2.15. The third kappa shape index (κ3) is 2.77. The number of hydrogen-bond donors (Lipinski definition) is 3. The zero-order chi connectivity index (χ0) is 12.3. The molecule has 2 rings (SSSR count). The molecule has 1 heterocycles. The maximum Gasteiger partial charge on any atom is 0.232 e. The van der Waals surface area contributed by atoms with Gasteiger partial charge in [-0.2, -0.15) is 5.21 Å². The number of nitrogens with zero attached hydrogens (tertiary/aromatic N) is 3. The lowest BCUT2D eigenvalue weighted by atomic mass is 10.2. The molecule has 0 aliphatic heterocycles. The Morgan fingerprint density at radius 1 is 1.53 bits per heavy atom. The van der Waals surface area contributed by atoms with Crippen molar-refractivity contribution in [1.29, 1.82) is 0 Å². The van der Waals surface area contributed by atoms with Gasteiger partial charge < -0.3 is 10.4 Å². The molecule has 0 unspecified atom stereocenters. The normalized spacial score (nSPS) is 10.2. The first-order chi connectivity index (χ1) is 8.15. The molecule has 1 aromatic carbocycles. The van der Waals surface area contributed by atoms with Crippen molar-refractivity contribution in [3.8, 4) is 5.75 Å². The Morgan fingerprint density at radius 2 is 2.35 bits per heavy atom. The first kappa shape index (κ1) is 11.1. The molecule has 0 aliphatic carbocycles. The van der Waals surface area contributed by atoms with Gasteiger partial charge in [0, 0.05) is 0 Å². The highest BCUT2D eigenvalue weighted by atomic mass is 16.3. The van der Waals surface area contributed by atoms with Crippen LogP contribution in [0.4, 0.5) is 5.69 Å². The fourth-order valence-electron chi connectivity index (χ4n) is 1.34. The lowest BCUT2D eigenvalue weighted by molar-refractivity contribution is -0.115. The molecule has 7 heteroatoms. The fraction of sp³-hybridized carbons (Fsp3) is 0.200. The van der Waals surface area contributed by atoms with Crippen molar-refractivity contribution in [2.24, 2.45) is 0 Å². The van der Waals surface area contributed by atoms with Crippen LogP contribution in [0.15, 0.2) is 18.2 Å². The van der Waals surface area contributed by atoms with Gasteiger partial charge in [0.1, 0.15) is 5.75 Å². The summed E-state index contributed by atoms with van der Waals surface area (Å²) in [4.78, 5) is 11.6. The molecule has 2 aromatic rings. The average Bonchev–Trinajstić information content (AvgIpc) is 2.75. The summed E-state index contributed by atoms with van der Waals surface area (Å²) in [7, 11) is 0. The van der Waals surface area contributed by atoms with Crippen LogP contribution in [0.5, 0.6) is 5.75 Å². The molecule has 0 atom stereocenters. The Morgan fingerprint density at radius 3 is 3.00 bits per heavy atom. The summed E-state index contributed by atoms with van der Waals surface area (Å²) in [5, 5.41) is 25.1. The minimum atomic E-state index is -0.314. The Balaban J connectivity index is 2.03. The highest BCUT2D eigenvalue weighted by Crippen LogP contribution is 2.23. The predicted octanol–water partition coefficient (Wildman–Crippen LogP) is 0.395. The van der Waals surface area contributed by atoms with Crippen LogP contribution in [0.1, 0.15) is 11.4 Å². The van der Waals surface area contributed by atoms with Gasteiger partial charge in [-0.25, -0.2) is 0 Å². The van der Waals surface area contributed by atoms with E-state index in [0.29, 0.717) is 11.5 Å². The third-order valence-corrected chi connectivity index (χ3v) is 2.14. The van der Waals surface area contributed by atoms with E-state index < -0.39 is 0 Å². The van der Waals surface area contributed by atoms with E-state index in [1.807, 2.05) is 6.92 Å². The van der Waals surface area contributed by atoms with Crippen LogP contribution in [0.25, 0.3) is 0 Å². The van der Waals surface area contributed by atoms with E-state index in [1.54, 1.807) is 18.2 Å². The molecule has 1 aromatic heterocycles. The number of phenols is 1. The SMILES string of the molecule is Cc1ccc(NC(=O)Cc2nn[nH]n2)c(O)c1. The quantitative estimate of drug-likeness (QED) is 0.665. The number of amides is 1. The molecule has 0 saturated carbocycles. The fourth-order valence-corrected chi connectivity index (χ4v) is 1.34. The van der Waals surface area contributed by atoms with E-state index in [1.165, 1.54) is 0 Å². The number of tetrazole rings is 1. The number of hydrogen-bond acceptors (Lipinski definition) is 5. The summed E-state index contributed by atoms with van der Waals surface area (Å²) in [6, 6.07) is 5.01. The standard InChI is InChI=1S/C10H11N5O2/c1-6-2-3-7(8(16)4-6)11-10(17)5-9-12-14-15-13-9/h2-4,16H,5H2,1H3,(H,11,17)(H,12,13,14,15). The summed E-state index contributed by atoms with van der Waals surface area (Å²) >= 11 is 0.